The molecule has 1 aliphatic rings. The van der Waals surface area contributed by atoms with Gasteiger partial charge in [-0.05, 0) is 37.0 Å². The molecular formula is C13H19N3O3S. The lowest BCUT2D eigenvalue weighted by Crippen LogP contribution is -2.30. The molecule has 1 aliphatic carbocycles. The Morgan fingerprint density at radius 2 is 2.05 bits per heavy atom. The summed E-state index contributed by atoms with van der Waals surface area (Å²) in [6, 6.07) is 5.91. The highest BCUT2D eigenvalue weighted by molar-refractivity contribution is 7.89. The van der Waals surface area contributed by atoms with Gasteiger partial charge in [-0.1, -0.05) is 6.07 Å². The first kappa shape index (κ1) is 14.8. The van der Waals surface area contributed by atoms with Gasteiger partial charge in [0.25, 0.3) is 0 Å². The van der Waals surface area contributed by atoms with Crippen LogP contribution in [-0.2, 0) is 10.0 Å². The number of carbonyl (C=O) groups excluding carboxylic acids is 1. The third kappa shape index (κ3) is 3.71. The van der Waals surface area contributed by atoms with Crippen LogP contribution >= 0.6 is 0 Å². The molecule has 0 aliphatic heterocycles. The Hall–Kier alpha value is -1.60. The number of anilines is 1. The van der Waals surface area contributed by atoms with Gasteiger partial charge in [0.05, 0.1) is 4.90 Å². The van der Waals surface area contributed by atoms with Crippen molar-refractivity contribution >= 4 is 21.7 Å². The minimum absolute atomic E-state index is 0.155. The van der Waals surface area contributed by atoms with Crippen LogP contribution in [0.4, 0.5) is 10.5 Å². The summed E-state index contributed by atoms with van der Waals surface area (Å²) < 4.78 is 25.1. The minimum Gasteiger partial charge on any atom is -0.338 e. The van der Waals surface area contributed by atoms with Gasteiger partial charge < -0.3 is 10.6 Å². The van der Waals surface area contributed by atoms with Crippen LogP contribution in [-0.4, -0.2) is 39.4 Å². The van der Waals surface area contributed by atoms with Gasteiger partial charge in [-0.15, -0.1) is 0 Å². The molecule has 2 rings (SSSR count). The molecule has 0 radical (unpaired) electrons. The maximum absolute atomic E-state index is 12.0. The first-order chi connectivity index (χ1) is 9.39. The number of carbonyl (C=O) groups is 1. The second-order valence-corrected chi connectivity index (χ2v) is 7.25. The molecule has 1 aromatic carbocycles. The van der Waals surface area contributed by atoms with E-state index in [2.05, 4.69) is 10.6 Å². The number of sulfonamides is 1. The molecule has 0 atom stereocenters. The number of hydrogen-bond donors (Lipinski definition) is 2. The summed E-state index contributed by atoms with van der Waals surface area (Å²) in [5.41, 5.74) is 0.459. The van der Waals surface area contributed by atoms with Gasteiger partial charge in [0, 0.05) is 26.3 Å². The molecule has 0 spiro atoms. The van der Waals surface area contributed by atoms with E-state index in [0.29, 0.717) is 18.2 Å². The van der Waals surface area contributed by atoms with Gasteiger partial charge >= 0.3 is 6.03 Å². The van der Waals surface area contributed by atoms with E-state index in [9.17, 15) is 13.2 Å². The quantitative estimate of drug-likeness (QED) is 0.864. The summed E-state index contributed by atoms with van der Waals surface area (Å²) >= 11 is 0. The Morgan fingerprint density at radius 1 is 1.35 bits per heavy atom. The number of rotatable bonds is 5. The van der Waals surface area contributed by atoms with Crippen molar-refractivity contribution in [1.29, 1.82) is 0 Å². The molecule has 0 heterocycles. The highest BCUT2D eigenvalue weighted by Gasteiger charge is 2.22. The van der Waals surface area contributed by atoms with Gasteiger partial charge in [0.15, 0.2) is 0 Å². The first-order valence-electron chi connectivity index (χ1n) is 6.47. The molecule has 0 bridgehead atoms. The lowest BCUT2D eigenvalue weighted by molar-refractivity contribution is 0.251. The second kappa shape index (κ2) is 5.80. The van der Waals surface area contributed by atoms with Crippen molar-refractivity contribution in [3.8, 4) is 0 Å². The molecule has 20 heavy (non-hydrogen) atoms. The molecule has 1 aromatic rings. The van der Waals surface area contributed by atoms with E-state index in [-0.39, 0.29) is 10.9 Å². The molecule has 0 unspecified atom stereocenters. The van der Waals surface area contributed by atoms with Crippen molar-refractivity contribution < 1.29 is 13.2 Å². The molecule has 7 heteroatoms. The zero-order valence-corrected chi connectivity index (χ0v) is 12.4. The lowest BCUT2D eigenvalue weighted by Gasteiger charge is -2.13. The van der Waals surface area contributed by atoms with Crippen molar-refractivity contribution in [2.75, 3.05) is 26.0 Å². The first-order valence-corrected chi connectivity index (χ1v) is 7.91. The Morgan fingerprint density at radius 3 is 2.65 bits per heavy atom. The predicted molar refractivity (Wildman–Crippen MR) is 77.1 cm³/mol. The monoisotopic (exact) mass is 297 g/mol. The van der Waals surface area contributed by atoms with Gasteiger partial charge in [-0.25, -0.2) is 17.5 Å². The molecule has 2 amide bonds. The van der Waals surface area contributed by atoms with Crippen LogP contribution in [0.5, 0.6) is 0 Å². The number of urea groups is 1. The molecule has 2 N–H and O–H groups in total. The van der Waals surface area contributed by atoms with E-state index in [1.165, 1.54) is 26.2 Å². The second-order valence-electron chi connectivity index (χ2n) is 5.09. The van der Waals surface area contributed by atoms with Gasteiger partial charge in [-0.2, -0.15) is 0 Å². The Balaban J connectivity index is 2.03. The molecule has 0 saturated heterocycles. The third-order valence-corrected chi connectivity index (χ3v) is 4.93. The van der Waals surface area contributed by atoms with Crippen molar-refractivity contribution in [3.63, 3.8) is 0 Å². The van der Waals surface area contributed by atoms with Crippen LogP contribution in [0.15, 0.2) is 29.2 Å². The highest BCUT2D eigenvalue weighted by Crippen LogP contribution is 2.27. The fraction of sp³-hybridized carbons (Fsp3) is 0.462. The van der Waals surface area contributed by atoms with Crippen LogP contribution in [0, 0.1) is 5.92 Å². The topological polar surface area (TPSA) is 78.5 Å². The van der Waals surface area contributed by atoms with E-state index >= 15 is 0 Å². The van der Waals surface area contributed by atoms with Crippen molar-refractivity contribution in [2.45, 2.75) is 17.7 Å². The van der Waals surface area contributed by atoms with E-state index in [0.717, 1.165) is 17.1 Å². The van der Waals surface area contributed by atoms with Gasteiger partial charge in [-0.3, -0.25) is 0 Å². The van der Waals surface area contributed by atoms with Crippen molar-refractivity contribution in [3.05, 3.63) is 24.3 Å². The normalized spacial score (nSPS) is 15.2. The smallest absolute Gasteiger partial charge is 0.319 e. The van der Waals surface area contributed by atoms with Crippen LogP contribution in [0.2, 0.25) is 0 Å². The molecule has 110 valence electrons. The average molecular weight is 297 g/mol. The fourth-order valence-electron chi connectivity index (χ4n) is 1.68. The van der Waals surface area contributed by atoms with E-state index in [1.54, 1.807) is 12.1 Å². The molecule has 0 aromatic heterocycles. The van der Waals surface area contributed by atoms with Crippen LogP contribution < -0.4 is 10.6 Å². The Bertz CT molecular complexity index is 595. The van der Waals surface area contributed by atoms with Crippen molar-refractivity contribution in [2.24, 2.45) is 5.92 Å². The fourth-order valence-corrected chi connectivity index (χ4v) is 2.63. The number of hydrogen-bond acceptors (Lipinski definition) is 3. The summed E-state index contributed by atoms with van der Waals surface area (Å²) in [5, 5.41) is 5.41. The standard InChI is InChI=1S/C13H19N3O3S/c1-16(2)20(18,19)12-5-3-4-11(8-12)15-13(17)14-9-10-6-7-10/h3-5,8,10H,6-7,9H2,1-2H3,(H2,14,15,17). The zero-order chi connectivity index (χ0) is 14.8. The average Bonchev–Trinajstić information content (AvgIpc) is 3.20. The maximum atomic E-state index is 12.0. The summed E-state index contributed by atoms with van der Waals surface area (Å²) in [6.07, 6.45) is 2.33. The third-order valence-electron chi connectivity index (χ3n) is 3.12. The lowest BCUT2D eigenvalue weighted by atomic mass is 10.3. The number of benzene rings is 1. The summed E-state index contributed by atoms with van der Waals surface area (Å²) in [4.78, 5) is 11.8. The van der Waals surface area contributed by atoms with E-state index < -0.39 is 10.0 Å². The van der Waals surface area contributed by atoms with Gasteiger partial charge in [0.1, 0.15) is 0 Å². The van der Waals surface area contributed by atoms with Gasteiger partial charge in [0.2, 0.25) is 10.0 Å². The van der Waals surface area contributed by atoms with Crippen LogP contribution in [0.3, 0.4) is 0 Å². The van der Waals surface area contributed by atoms with Crippen LogP contribution in [0.1, 0.15) is 12.8 Å². The van der Waals surface area contributed by atoms with Crippen molar-refractivity contribution in [1.82, 2.24) is 9.62 Å². The molecule has 1 fully saturated rings. The Kier molecular flexibility index (Phi) is 4.29. The summed E-state index contributed by atoms with van der Waals surface area (Å²) in [5.74, 6) is 0.598. The largest absolute Gasteiger partial charge is 0.338 e. The number of amides is 2. The summed E-state index contributed by atoms with van der Waals surface area (Å²) in [7, 11) is -0.549. The number of nitrogens with zero attached hydrogens (tertiary/aromatic N) is 1. The summed E-state index contributed by atoms with van der Waals surface area (Å²) in [6.45, 7) is 0.668. The zero-order valence-electron chi connectivity index (χ0n) is 11.6. The predicted octanol–water partition coefficient (Wildman–Crippen LogP) is 1.47. The Labute approximate surface area is 119 Å². The van der Waals surface area contributed by atoms with E-state index in [4.69, 9.17) is 0 Å². The SMILES string of the molecule is CN(C)S(=O)(=O)c1cccc(NC(=O)NCC2CC2)c1. The highest BCUT2D eigenvalue weighted by atomic mass is 32.2. The molecular weight excluding hydrogens is 278 g/mol. The molecule has 1 saturated carbocycles. The maximum Gasteiger partial charge on any atom is 0.319 e. The van der Waals surface area contributed by atoms with Crippen LogP contribution in [0.25, 0.3) is 0 Å². The van der Waals surface area contributed by atoms with E-state index in [1.807, 2.05) is 0 Å². The minimum atomic E-state index is -3.49. The number of nitrogens with one attached hydrogen (secondary N) is 2. The molecule has 6 nitrogen and oxygen atoms in total.